The molecule has 0 amide bonds. The number of esters is 3. The quantitative estimate of drug-likeness (QED) is 0.0261. The molecule has 0 aromatic rings. The number of hydrogen-bond donors (Lipinski definition) is 0. The lowest BCUT2D eigenvalue weighted by Crippen LogP contribution is -2.30. The van der Waals surface area contributed by atoms with Crippen molar-refractivity contribution in [3.8, 4) is 0 Å². The fourth-order valence-electron chi connectivity index (χ4n) is 9.25. The molecule has 0 radical (unpaired) electrons. The molecule has 0 rings (SSSR count). The molecule has 0 aromatic carbocycles. The third-order valence-corrected chi connectivity index (χ3v) is 14.0. The Morgan fingerprint density at radius 1 is 0.288 bits per heavy atom. The molecule has 1 atom stereocenters. The molecule has 6 heteroatoms. The van der Waals surface area contributed by atoms with Gasteiger partial charge in [0.15, 0.2) is 6.10 Å². The maximum absolute atomic E-state index is 12.9. The van der Waals surface area contributed by atoms with E-state index in [0.717, 1.165) is 89.9 Å². The molecular weight excluding hydrogens is 901 g/mol. The van der Waals surface area contributed by atoms with Crippen molar-refractivity contribution >= 4 is 17.9 Å². The van der Waals surface area contributed by atoms with E-state index in [2.05, 4.69) is 81.5 Å². The third kappa shape index (κ3) is 59.9. The van der Waals surface area contributed by atoms with Crippen LogP contribution in [0.4, 0.5) is 0 Å². The van der Waals surface area contributed by atoms with Crippen molar-refractivity contribution < 1.29 is 28.6 Å². The molecular formula is C67H120O6. The lowest BCUT2D eigenvalue weighted by molar-refractivity contribution is -0.167. The monoisotopic (exact) mass is 1020 g/mol. The fraction of sp³-hybridized carbons (Fsp3) is 0.806. The summed E-state index contributed by atoms with van der Waals surface area (Å²) in [4.78, 5) is 38.3. The van der Waals surface area contributed by atoms with E-state index < -0.39 is 6.10 Å². The highest BCUT2D eigenvalue weighted by atomic mass is 16.6. The number of hydrogen-bond acceptors (Lipinski definition) is 6. The SMILES string of the molecule is CC/C=C\C/C=C\C/C=C\C/C=C\CCCCCCCCCCC(=O)OCC(COC(=O)CCCCCCCCCCCCCCCCC)OC(=O)CCCCCCCCCCC/C=C\CCCCCCCC. The van der Waals surface area contributed by atoms with Crippen molar-refractivity contribution in [1.29, 1.82) is 0 Å². The Hall–Kier alpha value is -2.89. The van der Waals surface area contributed by atoms with Crippen molar-refractivity contribution in [3.05, 3.63) is 60.8 Å². The maximum Gasteiger partial charge on any atom is 0.306 e. The van der Waals surface area contributed by atoms with Crippen LogP contribution in [0.2, 0.25) is 0 Å². The number of carbonyl (C=O) groups is 3. The van der Waals surface area contributed by atoms with Gasteiger partial charge in [-0.3, -0.25) is 14.4 Å². The molecule has 424 valence electrons. The van der Waals surface area contributed by atoms with E-state index in [0.29, 0.717) is 19.3 Å². The summed E-state index contributed by atoms with van der Waals surface area (Å²) in [6.07, 6.45) is 77.9. The first-order valence-corrected chi connectivity index (χ1v) is 31.8. The maximum atomic E-state index is 12.9. The van der Waals surface area contributed by atoms with E-state index in [1.165, 1.54) is 199 Å². The van der Waals surface area contributed by atoms with Crippen molar-refractivity contribution in [2.45, 2.75) is 335 Å². The molecule has 73 heavy (non-hydrogen) atoms. The molecule has 0 N–H and O–H groups in total. The highest BCUT2D eigenvalue weighted by Gasteiger charge is 2.19. The minimum atomic E-state index is -0.778. The first-order valence-electron chi connectivity index (χ1n) is 31.8. The molecule has 0 aliphatic heterocycles. The number of carbonyl (C=O) groups excluding carboxylic acids is 3. The first kappa shape index (κ1) is 70.1. The zero-order valence-electron chi connectivity index (χ0n) is 48.7. The summed E-state index contributed by atoms with van der Waals surface area (Å²) in [7, 11) is 0. The van der Waals surface area contributed by atoms with Crippen LogP contribution in [0.15, 0.2) is 60.8 Å². The Kier molecular flexibility index (Phi) is 59.2. The van der Waals surface area contributed by atoms with Gasteiger partial charge in [0.2, 0.25) is 0 Å². The fourth-order valence-corrected chi connectivity index (χ4v) is 9.25. The van der Waals surface area contributed by atoms with Gasteiger partial charge in [0, 0.05) is 19.3 Å². The second-order valence-corrected chi connectivity index (χ2v) is 21.3. The molecule has 0 heterocycles. The lowest BCUT2D eigenvalue weighted by atomic mass is 10.0. The predicted molar refractivity (Wildman–Crippen MR) is 316 cm³/mol. The van der Waals surface area contributed by atoms with Crippen LogP contribution in [-0.2, 0) is 28.6 Å². The minimum absolute atomic E-state index is 0.0739. The Balaban J connectivity index is 4.35. The van der Waals surface area contributed by atoms with Crippen LogP contribution in [-0.4, -0.2) is 37.2 Å². The number of ether oxygens (including phenoxy) is 3. The Morgan fingerprint density at radius 2 is 0.534 bits per heavy atom. The standard InChI is InChI=1S/C67H120O6/c1-4-7-10-13-16-19-22-25-28-30-32-33-35-36-39-42-45-48-51-54-57-60-66(69)72-63-64(62-71-65(68)59-56-53-50-47-44-41-38-27-24-21-18-15-12-9-6-3)73-67(70)61-58-55-52-49-46-43-40-37-34-31-29-26-23-20-17-14-11-8-5-2/h7,10,16,19,25-26,28-29,32-33,64H,4-6,8-9,11-15,17-18,20-24,27,30-31,34-63H2,1-3H3/b10-7-,19-16-,28-25-,29-26-,33-32-. The smallest absolute Gasteiger partial charge is 0.306 e. The highest BCUT2D eigenvalue weighted by Crippen LogP contribution is 2.17. The second kappa shape index (κ2) is 61.7. The second-order valence-electron chi connectivity index (χ2n) is 21.3. The summed E-state index contributed by atoms with van der Waals surface area (Å²) in [6.45, 7) is 6.56. The summed E-state index contributed by atoms with van der Waals surface area (Å²) in [5, 5.41) is 0. The van der Waals surface area contributed by atoms with Gasteiger partial charge in [0.25, 0.3) is 0 Å². The van der Waals surface area contributed by atoms with Gasteiger partial charge in [0.05, 0.1) is 0 Å². The van der Waals surface area contributed by atoms with Crippen molar-refractivity contribution in [3.63, 3.8) is 0 Å². The molecule has 0 aliphatic rings. The molecule has 0 fully saturated rings. The highest BCUT2D eigenvalue weighted by molar-refractivity contribution is 5.71. The zero-order chi connectivity index (χ0) is 52.9. The number of allylic oxidation sites excluding steroid dienone is 10. The Morgan fingerprint density at radius 3 is 0.849 bits per heavy atom. The average Bonchev–Trinajstić information content (AvgIpc) is 3.39. The van der Waals surface area contributed by atoms with Gasteiger partial charge in [-0.1, -0.05) is 287 Å². The molecule has 0 bridgehead atoms. The van der Waals surface area contributed by atoms with Crippen molar-refractivity contribution in [2.24, 2.45) is 0 Å². The van der Waals surface area contributed by atoms with Gasteiger partial charge in [-0.15, -0.1) is 0 Å². The summed E-state index contributed by atoms with van der Waals surface area (Å²) in [5.74, 6) is -0.865. The van der Waals surface area contributed by atoms with E-state index in [4.69, 9.17) is 14.2 Å². The van der Waals surface area contributed by atoms with Crippen LogP contribution in [0.3, 0.4) is 0 Å². The zero-order valence-corrected chi connectivity index (χ0v) is 48.7. The van der Waals surface area contributed by atoms with Gasteiger partial charge < -0.3 is 14.2 Å². The summed E-state index contributed by atoms with van der Waals surface area (Å²) in [6, 6.07) is 0. The van der Waals surface area contributed by atoms with E-state index >= 15 is 0 Å². The third-order valence-electron chi connectivity index (χ3n) is 14.0. The Labute approximate surface area is 453 Å². The van der Waals surface area contributed by atoms with E-state index in [1.54, 1.807) is 0 Å². The lowest BCUT2D eigenvalue weighted by Gasteiger charge is -2.18. The van der Waals surface area contributed by atoms with Crippen molar-refractivity contribution in [2.75, 3.05) is 13.2 Å². The van der Waals surface area contributed by atoms with Gasteiger partial charge >= 0.3 is 17.9 Å². The van der Waals surface area contributed by atoms with Gasteiger partial charge in [0.1, 0.15) is 13.2 Å². The van der Waals surface area contributed by atoms with E-state index in [9.17, 15) is 14.4 Å². The first-order chi connectivity index (χ1) is 36.0. The largest absolute Gasteiger partial charge is 0.462 e. The van der Waals surface area contributed by atoms with Gasteiger partial charge in [-0.25, -0.2) is 0 Å². The number of unbranched alkanes of at least 4 members (excludes halogenated alkanes) is 37. The van der Waals surface area contributed by atoms with Crippen LogP contribution in [0.25, 0.3) is 0 Å². The summed E-state index contributed by atoms with van der Waals surface area (Å²) < 4.78 is 16.9. The predicted octanol–water partition coefficient (Wildman–Crippen LogP) is 21.6. The van der Waals surface area contributed by atoms with E-state index in [1.807, 2.05) is 0 Å². The molecule has 0 aliphatic carbocycles. The van der Waals surface area contributed by atoms with Crippen molar-refractivity contribution in [1.82, 2.24) is 0 Å². The normalized spacial score (nSPS) is 12.4. The molecule has 0 saturated heterocycles. The van der Waals surface area contributed by atoms with Crippen LogP contribution >= 0.6 is 0 Å². The Bertz CT molecular complexity index is 1310. The summed E-state index contributed by atoms with van der Waals surface area (Å²) >= 11 is 0. The van der Waals surface area contributed by atoms with E-state index in [-0.39, 0.29) is 31.1 Å². The molecule has 6 nitrogen and oxygen atoms in total. The summed E-state index contributed by atoms with van der Waals surface area (Å²) in [5.41, 5.74) is 0. The topological polar surface area (TPSA) is 78.9 Å². The van der Waals surface area contributed by atoms with Crippen LogP contribution in [0.5, 0.6) is 0 Å². The van der Waals surface area contributed by atoms with Gasteiger partial charge in [-0.2, -0.15) is 0 Å². The van der Waals surface area contributed by atoms with Gasteiger partial charge in [-0.05, 0) is 83.5 Å². The van der Waals surface area contributed by atoms with Crippen LogP contribution in [0, 0.1) is 0 Å². The minimum Gasteiger partial charge on any atom is -0.462 e. The molecule has 0 spiro atoms. The molecule has 0 aromatic heterocycles. The average molecular weight is 1020 g/mol. The number of rotatable bonds is 58. The van der Waals surface area contributed by atoms with Crippen LogP contribution in [0.1, 0.15) is 329 Å². The molecule has 0 saturated carbocycles. The van der Waals surface area contributed by atoms with Crippen LogP contribution < -0.4 is 0 Å². The molecule has 1 unspecified atom stereocenters.